The van der Waals surface area contributed by atoms with Gasteiger partial charge < -0.3 is 15.1 Å². The Labute approximate surface area is 169 Å². The molecule has 0 aromatic heterocycles. The third kappa shape index (κ3) is 5.21. The van der Waals surface area contributed by atoms with Gasteiger partial charge in [-0.1, -0.05) is 12.8 Å². The van der Waals surface area contributed by atoms with Crippen LogP contribution in [0.2, 0.25) is 0 Å². The topological polar surface area (TPSA) is 51.2 Å². The number of likely N-dealkylation sites (tertiary alicyclic amines) is 1. The van der Waals surface area contributed by atoms with Crippen LogP contribution in [0.15, 0.2) is 4.99 Å². The summed E-state index contributed by atoms with van der Waals surface area (Å²) in [6.07, 6.45) is 6.96. The highest BCUT2D eigenvalue weighted by Crippen LogP contribution is 2.45. The Bertz CT molecular complexity index is 470. The van der Waals surface area contributed by atoms with Gasteiger partial charge in [0.25, 0.3) is 0 Å². The molecule has 3 aliphatic rings. The fraction of sp³-hybridized carbons (Fsp3) is 0.889. The van der Waals surface area contributed by atoms with E-state index in [0.29, 0.717) is 5.41 Å². The first kappa shape index (κ1) is 20.7. The first-order valence-electron chi connectivity index (χ1n) is 9.55. The van der Waals surface area contributed by atoms with Gasteiger partial charge in [0.15, 0.2) is 5.96 Å². The summed E-state index contributed by atoms with van der Waals surface area (Å²) in [4.78, 5) is 22.7. The highest BCUT2D eigenvalue weighted by molar-refractivity contribution is 14.0. The number of guanidine groups is 1. The molecule has 2 heterocycles. The van der Waals surface area contributed by atoms with E-state index in [4.69, 9.17) is 0 Å². The van der Waals surface area contributed by atoms with Gasteiger partial charge in [0.2, 0.25) is 5.91 Å². The molecule has 0 aromatic carbocycles. The second-order valence-electron chi connectivity index (χ2n) is 7.70. The average Bonchev–Trinajstić information content (AvgIpc) is 3.22. The largest absolute Gasteiger partial charge is 0.355 e. The van der Waals surface area contributed by atoms with Crippen LogP contribution in [0.3, 0.4) is 0 Å². The number of halogens is 1. The Morgan fingerprint density at radius 1 is 1.04 bits per heavy atom. The molecule has 144 valence electrons. The molecular formula is C18H34IN5O. The fourth-order valence-corrected chi connectivity index (χ4v) is 4.59. The number of amides is 1. The first-order valence-corrected chi connectivity index (χ1v) is 9.55. The minimum atomic E-state index is 0. The smallest absolute Gasteiger partial charge is 0.219 e. The second kappa shape index (κ2) is 9.39. The quantitative estimate of drug-likeness (QED) is 0.393. The van der Waals surface area contributed by atoms with E-state index in [2.05, 4.69) is 20.1 Å². The van der Waals surface area contributed by atoms with Crippen molar-refractivity contribution in [3.63, 3.8) is 0 Å². The zero-order valence-electron chi connectivity index (χ0n) is 15.8. The molecule has 0 atom stereocenters. The number of rotatable bonds is 3. The van der Waals surface area contributed by atoms with E-state index in [0.717, 1.165) is 51.8 Å². The minimum absolute atomic E-state index is 0. The van der Waals surface area contributed by atoms with Crippen LogP contribution in [0.5, 0.6) is 0 Å². The van der Waals surface area contributed by atoms with Crippen LogP contribution in [0.1, 0.15) is 39.0 Å². The van der Waals surface area contributed by atoms with Crippen molar-refractivity contribution < 1.29 is 4.79 Å². The molecule has 3 rings (SSSR count). The number of carbonyl (C=O) groups is 1. The van der Waals surface area contributed by atoms with Gasteiger partial charge in [-0.15, -0.1) is 24.0 Å². The lowest BCUT2D eigenvalue weighted by Gasteiger charge is -2.34. The van der Waals surface area contributed by atoms with Crippen molar-refractivity contribution in [1.29, 1.82) is 0 Å². The fourth-order valence-electron chi connectivity index (χ4n) is 4.59. The number of hydrogen-bond donors (Lipinski definition) is 1. The van der Waals surface area contributed by atoms with Crippen LogP contribution in [0.4, 0.5) is 0 Å². The van der Waals surface area contributed by atoms with Gasteiger partial charge in [-0.3, -0.25) is 14.7 Å². The monoisotopic (exact) mass is 463 g/mol. The average molecular weight is 463 g/mol. The van der Waals surface area contributed by atoms with Gasteiger partial charge in [-0.2, -0.15) is 0 Å². The lowest BCUT2D eigenvalue weighted by atomic mass is 9.86. The number of nitrogens with one attached hydrogen (secondary N) is 1. The summed E-state index contributed by atoms with van der Waals surface area (Å²) in [7, 11) is 1.90. The Balaban J connectivity index is 0.00000225. The lowest BCUT2D eigenvalue weighted by Crippen LogP contribution is -2.50. The maximum Gasteiger partial charge on any atom is 0.219 e. The number of aliphatic imine (C=N–C) groups is 1. The van der Waals surface area contributed by atoms with Gasteiger partial charge in [-0.25, -0.2) is 0 Å². The van der Waals surface area contributed by atoms with Crippen LogP contribution in [0, 0.1) is 5.41 Å². The van der Waals surface area contributed by atoms with E-state index < -0.39 is 0 Å². The van der Waals surface area contributed by atoms with Gasteiger partial charge in [0.1, 0.15) is 0 Å². The van der Waals surface area contributed by atoms with Crippen molar-refractivity contribution in [2.75, 3.05) is 59.4 Å². The van der Waals surface area contributed by atoms with E-state index in [1.165, 1.54) is 38.6 Å². The Hall–Kier alpha value is -0.570. The number of carbonyl (C=O) groups excluding carboxylic acids is 1. The van der Waals surface area contributed by atoms with Crippen molar-refractivity contribution >= 4 is 35.8 Å². The lowest BCUT2D eigenvalue weighted by molar-refractivity contribution is -0.130. The van der Waals surface area contributed by atoms with Crippen LogP contribution in [0.25, 0.3) is 0 Å². The van der Waals surface area contributed by atoms with E-state index in [-0.39, 0.29) is 29.9 Å². The van der Waals surface area contributed by atoms with Gasteiger partial charge >= 0.3 is 0 Å². The van der Waals surface area contributed by atoms with E-state index in [9.17, 15) is 4.79 Å². The summed E-state index contributed by atoms with van der Waals surface area (Å²) in [5, 5.41) is 3.55. The highest BCUT2D eigenvalue weighted by Gasteiger charge is 2.41. The molecule has 1 amide bonds. The molecule has 1 N–H and O–H groups in total. The van der Waals surface area contributed by atoms with Crippen LogP contribution in [-0.4, -0.2) is 86.0 Å². The predicted molar refractivity (Wildman–Crippen MR) is 113 cm³/mol. The maximum atomic E-state index is 11.4. The molecule has 0 aromatic rings. The molecule has 3 fully saturated rings. The number of piperazine rings is 1. The summed E-state index contributed by atoms with van der Waals surface area (Å²) in [5.74, 6) is 1.27. The van der Waals surface area contributed by atoms with Gasteiger partial charge in [0.05, 0.1) is 0 Å². The molecule has 1 aliphatic carbocycles. The Morgan fingerprint density at radius 3 is 2.32 bits per heavy atom. The first-order chi connectivity index (χ1) is 11.6. The molecule has 6 nitrogen and oxygen atoms in total. The predicted octanol–water partition coefficient (Wildman–Crippen LogP) is 1.61. The van der Waals surface area contributed by atoms with Crippen molar-refractivity contribution in [3.8, 4) is 0 Å². The molecule has 0 radical (unpaired) electrons. The van der Waals surface area contributed by atoms with Crippen molar-refractivity contribution in [2.45, 2.75) is 39.0 Å². The van der Waals surface area contributed by atoms with Gasteiger partial charge in [-0.05, 0) is 24.7 Å². The maximum absolute atomic E-state index is 11.4. The van der Waals surface area contributed by atoms with Gasteiger partial charge in [0, 0.05) is 66.3 Å². The SMILES string of the molecule is CN=C(NCCN1CCN(C(C)=O)CC1)N1CCC2(CCCC2)C1.I. The molecule has 7 heteroatoms. The van der Waals surface area contributed by atoms with Crippen LogP contribution in [-0.2, 0) is 4.79 Å². The molecule has 2 aliphatic heterocycles. The molecule has 2 saturated heterocycles. The van der Waals surface area contributed by atoms with Crippen molar-refractivity contribution in [1.82, 2.24) is 20.0 Å². The Kier molecular flexibility index (Phi) is 7.79. The summed E-state index contributed by atoms with van der Waals surface area (Å²) in [6, 6.07) is 0. The van der Waals surface area contributed by atoms with E-state index >= 15 is 0 Å². The second-order valence-corrected chi connectivity index (χ2v) is 7.70. The van der Waals surface area contributed by atoms with E-state index in [1.54, 1.807) is 6.92 Å². The third-order valence-corrected chi connectivity index (χ3v) is 6.14. The molecular weight excluding hydrogens is 429 g/mol. The number of nitrogens with zero attached hydrogens (tertiary/aromatic N) is 4. The zero-order valence-corrected chi connectivity index (χ0v) is 18.1. The van der Waals surface area contributed by atoms with Crippen LogP contribution < -0.4 is 5.32 Å². The summed E-state index contributed by atoms with van der Waals surface area (Å²) < 4.78 is 0. The number of hydrogen-bond acceptors (Lipinski definition) is 3. The van der Waals surface area contributed by atoms with E-state index in [1.807, 2.05) is 11.9 Å². The molecule has 0 unspecified atom stereocenters. The normalized spacial score (nSPS) is 23.8. The standard InChI is InChI=1S/C18H33N5O.HI/c1-16(24)22-13-11-21(12-14-22)10-8-20-17(19-2)23-9-7-18(15-23)5-3-4-6-18;/h3-15H2,1-2H3,(H,19,20);1H. The molecule has 25 heavy (non-hydrogen) atoms. The molecule has 1 saturated carbocycles. The third-order valence-electron chi connectivity index (χ3n) is 6.14. The summed E-state index contributed by atoms with van der Waals surface area (Å²) >= 11 is 0. The molecule has 1 spiro atoms. The minimum Gasteiger partial charge on any atom is -0.355 e. The zero-order chi connectivity index (χ0) is 17.0. The molecule has 0 bridgehead atoms. The highest BCUT2D eigenvalue weighted by atomic mass is 127. The van der Waals surface area contributed by atoms with Crippen molar-refractivity contribution in [3.05, 3.63) is 0 Å². The summed E-state index contributed by atoms with van der Waals surface area (Å²) in [5.41, 5.74) is 0.584. The Morgan fingerprint density at radius 2 is 1.72 bits per heavy atom. The van der Waals surface area contributed by atoms with Crippen molar-refractivity contribution in [2.24, 2.45) is 10.4 Å². The van der Waals surface area contributed by atoms with Crippen LogP contribution >= 0.6 is 24.0 Å². The summed E-state index contributed by atoms with van der Waals surface area (Å²) in [6.45, 7) is 9.62.